The molecule has 1 aromatic carbocycles. The number of fused-ring (bicyclic) bond motifs is 1. The predicted molar refractivity (Wildman–Crippen MR) is 82.9 cm³/mol. The van der Waals surface area contributed by atoms with Crippen molar-refractivity contribution in [1.82, 2.24) is 5.32 Å². The second-order valence-electron chi connectivity index (χ2n) is 5.33. The van der Waals surface area contributed by atoms with Crippen LogP contribution in [-0.4, -0.2) is 18.2 Å². The summed E-state index contributed by atoms with van der Waals surface area (Å²) in [7, 11) is 0. The molecule has 20 heavy (non-hydrogen) atoms. The molecule has 0 aliphatic carbocycles. The molecule has 0 saturated heterocycles. The minimum atomic E-state index is -0.484. The van der Waals surface area contributed by atoms with Gasteiger partial charge in [-0.1, -0.05) is 17.9 Å². The van der Waals surface area contributed by atoms with Gasteiger partial charge in [0.15, 0.2) is 0 Å². The lowest BCUT2D eigenvalue weighted by atomic mass is 10.2. The number of rotatable bonds is 1. The van der Waals surface area contributed by atoms with Gasteiger partial charge in [-0.05, 0) is 49.7 Å². The first-order valence-corrected chi connectivity index (χ1v) is 7.25. The number of carbonyl (C=O) groups excluding carboxylic acids is 1. The summed E-state index contributed by atoms with van der Waals surface area (Å²) in [4.78, 5) is 11.4. The number of carbonyl (C=O) groups is 1. The molecule has 1 aromatic heterocycles. The van der Waals surface area contributed by atoms with Crippen LogP contribution in [0, 0.1) is 11.8 Å². The maximum atomic E-state index is 11.4. The number of benzene rings is 1. The number of hydrogen-bond donors (Lipinski definition) is 1. The molecule has 3 nitrogen and oxygen atoms in total. The maximum Gasteiger partial charge on any atom is 0.408 e. The Labute approximate surface area is 122 Å². The third-order valence-corrected chi connectivity index (χ3v) is 3.29. The zero-order valence-electron chi connectivity index (χ0n) is 11.8. The first kappa shape index (κ1) is 14.4. The molecule has 0 unspecified atom stereocenters. The van der Waals surface area contributed by atoms with E-state index < -0.39 is 11.7 Å². The van der Waals surface area contributed by atoms with E-state index in [0.29, 0.717) is 0 Å². The SMILES string of the molecule is CC(C)(C)OC(=O)NCC#Cc1ccc2ccsc2c1. The van der Waals surface area contributed by atoms with Crippen molar-refractivity contribution in [2.24, 2.45) is 0 Å². The van der Waals surface area contributed by atoms with Gasteiger partial charge in [0.05, 0.1) is 6.54 Å². The molecule has 0 saturated carbocycles. The van der Waals surface area contributed by atoms with E-state index in [1.165, 1.54) is 10.1 Å². The Morgan fingerprint density at radius 3 is 2.90 bits per heavy atom. The van der Waals surface area contributed by atoms with Gasteiger partial charge in [0.2, 0.25) is 0 Å². The van der Waals surface area contributed by atoms with Gasteiger partial charge in [-0.2, -0.15) is 0 Å². The van der Waals surface area contributed by atoms with E-state index in [-0.39, 0.29) is 6.54 Å². The van der Waals surface area contributed by atoms with Crippen LogP contribution >= 0.6 is 11.3 Å². The Balaban J connectivity index is 1.89. The largest absolute Gasteiger partial charge is 0.444 e. The molecule has 0 aliphatic heterocycles. The average Bonchev–Trinajstić information content (AvgIpc) is 2.79. The lowest BCUT2D eigenvalue weighted by molar-refractivity contribution is 0.0535. The van der Waals surface area contributed by atoms with E-state index in [4.69, 9.17) is 4.74 Å². The standard InChI is InChI=1S/C16H17NO2S/c1-16(2,3)19-15(18)17-9-4-5-12-6-7-13-8-10-20-14(13)11-12/h6-8,10-11H,9H2,1-3H3,(H,17,18). The summed E-state index contributed by atoms with van der Waals surface area (Å²) in [5, 5.41) is 5.90. The topological polar surface area (TPSA) is 38.3 Å². The Kier molecular flexibility index (Phi) is 4.31. The van der Waals surface area contributed by atoms with E-state index >= 15 is 0 Å². The molecule has 4 heteroatoms. The fourth-order valence-corrected chi connectivity index (χ4v) is 2.44. The van der Waals surface area contributed by atoms with E-state index in [9.17, 15) is 4.79 Å². The van der Waals surface area contributed by atoms with Crippen LogP contribution in [0.1, 0.15) is 26.3 Å². The first-order valence-electron chi connectivity index (χ1n) is 6.37. The molecular weight excluding hydrogens is 270 g/mol. The van der Waals surface area contributed by atoms with Crippen molar-refractivity contribution < 1.29 is 9.53 Å². The molecule has 1 N–H and O–H groups in total. The van der Waals surface area contributed by atoms with Gasteiger partial charge in [-0.25, -0.2) is 4.79 Å². The minimum Gasteiger partial charge on any atom is -0.444 e. The van der Waals surface area contributed by atoms with E-state index in [0.717, 1.165) is 5.56 Å². The van der Waals surface area contributed by atoms with Gasteiger partial charge in [0.25, 0.3) is 0 Å². The Morgan fingerprint density at radius 1 is 1.35 bits per heavy atom. The molecule has 0 atom stereocenters. The molecule has 1 heterocycles. The molecule has 0 bridgehead atoms. The van der Waals surface area contributed by atoms with Gasteiger partial charge in [0.1, 0.15) is 5.60 Å². The van der Waals surface area contributed by atoms with Gasteiger partial charge in [-0.15, -0.1) is 11.3 Å². The highest BCUT2D eigenvalue weighted by molar-refractivity contribution is 7.17. The number of amides is 1. The Hall–Kier alpha value is -1.99. The second-order valence-corrected chi connectivity index (χ2v) is 6.28. The van der Waals surface area contributed by atoms with Gasteiger partial charge in [0, 0.05) is 10.3 Å². The fraction of sp³-hybridized carbons (Fsp3) is 0.312. The number of alkyl carbamates (subject to hydrolysis) is 1. The van der Waals surface area contributed by atoms with Crippen LogP contribution in [0.2, 0.25) is 0 Å². The monoisotopic (exact) mass is 287 g/mol. The molecule has 2 aromatic rings. The van der Waals surface area contributed by atoms with Crippen LogP contribution < -0.4 is 5.32 Å². The quantitative estimate of drug-likeness (QED) is 0.811. The smallest absolute Gasteiger partial charge is 0.408 e. The van der Waals surface area contributed by atoms with Gasteiger partial charge >= 0.3 is 6.09 Å². The highest BCUT2D eigenvalue weighted by Gasteiger charge is 2.14. The molecule has 0 radical (unpaired) electrons. The van der Waals surface area contributed by atoms with Crippen molar-refractivity contribution in [3.63, 3.8) is 0 Å². The number of thiophene rings is 1. The Bertz CT molecular complexity index is 671. The van der Waals surface area contributed by atoms with Crippen molar-refractivity contribution in [2.75, 3.05) is 6.54 Å². The lowest BCUT2D eigenvalue weighted by Gasteiger charge is -2.18. The minimum absolute atomic E-state index is 0.275. The van der Waals surface area contributed by atoms with Crippen LogP contribution in [0.15, 0.2) is 29.6 Å². The summed E-state index contributed by atoms with van der Waals surface area (Å²) in [6.45, 7) is 5.76. The lowest BCUT2D eigenvalue weighted by Crippen LogP contribution is -2.32. The molecular formula is C16H17NO2S. The highest BCUT2D eigenvalue weighted by Crippen LogP contribution is 2.21. The van der Waals surface area contributed by atoms with Crippen molar-refractivity contribution in [2.45, 2.75) is 26.4 Å². The van der Waals surface area contributed by atoms with Gasteiger partial charge < -0.3 is 10.1 Å². The molecule has 0 aliphatic rings. The van der Waals surface area contributed by atoms with Gasteiger partial charge in [-0.3, -0.25) is 0 Å². The zero-order chi connectivity index (χ0) is 14.6. The van der Waals surface area contributed by atoms with Crippen LogP contribution in [0.4, 0.5) is 4.79 Å². The summed E-state index contributed by atoms with van der Waals surface area (Å²) in [6.07, 6.45) is -0.444. The average molecular weight is 287 g/mol. The molecule has 1 amide bonds. The number of hydrogen-bond acceptors (Lipinski definition) is 3. The summed E-state index contributed by atoms with van der Waals surface area (Å²) in [5.74, 6) is 5.95. The summed E-state index contributed by atoms with van der Waals surface area (Å²) in [6, 6.07) is 8.18. The van der Waals surface area contributed by atoms with Crippen molar-refractivity contribution in [3.05, 3.63) is 35.2 Å². The molecule has 0 fully saturated rings. The van der Waals surface area contributed by atoms with Crippen molar-refractivity contribution in [3.8, 4) is 11.8 Å². The normalized spacial score (nSPS) is 10.8. The van der Waals surface area contributed by atoms with Crippen LogP contribution in [-0.2, 0) is 4.74 Å². The second kappa shape index (κ2) is 5.98. The fourth-order valence-electron chi connectivity index (χ4n) is 1.61. The molecule has 0 spiro atoms. The number of nitrogens with one attached hydrogen (secondary N) is 1. The van der Waals surface area contributed by atoms with Crippen molar-refractivity contribution in [1.29, 1.82) is 0 Å². The highest BCUT2D eigenvalue weighted by atomic mass is 32.1. The predicted octanol–water partition coefficient (Wildman–Crippen LogP) is 3.78. The third kappa shape index (κ3) is 4.29. The van der Waals surface area contributed by atoms with Crippen LogP contribution in [0.5, 0.6) is 0 Å². The maximum absolute atomic E-state index is 11.4. The summed E-state index contributed by atoms with van der Waals surface area (Å²) >= 11 is 1.69. The van der Waals surface area contributed by atoms with E-state index in [1.807, 2.05) is 26.8 Å². The molecule has 104 valence electrons. The Morgan fingerprint density at radius 2 is 2.15 bits per heavy atom. The number of ether oxygens (including phenoxy) is 1. The third-order valence-electron chi connectivity index (χ3n) is 2.41. The van der Waals surface area contributed by atoms with Crippen molar-refractivity contribution >= 4 is 27.5 Å². The summed E-state index contributed by atoms with van der Waals surface area (Å²) in [5.41, 5.74) is 0.466. The summed E-state index contributed by atoms with van der Waals surface area (Å²) < 4.78 is 6.34. The first-order chi connectivity index (χ1) is 9.44. The zero-order valence-corrected chi connectivity index (χ0v) is 12.6. The van der Waals surface area contributed by atoms with E-state index in [1.54, 1.807) is 11.3 Å². The van der Waals surface area contributed by atoms with Crippen LogP contribution in [0.3, 0.4) is 0 Å². The van der Waals surface area contributed by atoms with E-state index in [2.05, 4.69) is 40.7 Å². The molecule has 2 rings (SSSR count). The van der Waals surface area contributed by atoms with Crippen LogP contribution in [0.25, 0.3) is 10.1 Å².